The van der Waals surface area contributed by atoms with Crippen LogP contribution in [0.4, 0.5) is 5.69 Å². The van der Waals surface area contributed by atoms with Gasteiger partial charge >= 0.3 is 0 Å². The summed E-state index contributed by atoms with van der Waals surface area (Å²) in [4.78, 5) is 77.3. The molecule has 20 nitrogen and oxygen atoms in total. The first-order valence-electron chi connectivity index (χ1n) is 32.1. The van der Waals surface area contributed by atoms with E-state index in [0.717, 1.165) is 143 Å². The maximum atomic E-state index is 13.6. The maximum absolute atomic E-state index is 13.6. The number of aromatic amines is 4. The van der Waals surface area contributed by atoms with Crippen LogP contribution in [-0.2, 0) is 0 Å². The minimum absolute atomic E-state index is 0.102. The second kappa shape index (κ2) is 27.1. The summed E-state index contributed by atoms with van der Waals surface area (Å²) in [5.41, 5.74) is 22.2. The Morgan fingerprint density at radius 1 is 0.438 bits per heavy atom. The molecule has 0 atom stereocenters. The van der Waals surface area contributed by atoms with Crippen LogP contribution < -0.4 is 26.2 Å². The molecule has 0 unspecified atom stereocenters. The van der Waals surface area contributed by atoms with Gasteiger partial charge in [-0.25, -0.2) is 19.9 Å². The molecule has 0 fully saturated rings. The standard InChI is InChI=1S/C76H72N16O4/c1-89(2)37-8-40-96-60-29-23-50(24-30-60)73-83-64-34-28-57(45-68(64)87-73)56-26-32-61-65(43-56)84-70(80-61)47-11-17-51(18-12-47)74(93)77-35-7-38-92-46-69(91(5)88-92)58-9-6-10-59(41-58)79-76(95)53-21-15-49(16-22-53)72-82-63-33-27-55(44-67(63)86-72)54-25-31-62-66(42-54)85-71(81-62)48-13-19-52(20-14-48)75(94)78-36-39-90(3)4/h6,9-34,41-46,88H,7-8,35-40H2,1-5H3,(H,77,93)(H,78,94)(H,79,95)(H,80,84)(H,81,85)(H,82,86)(H,83,87). The van der Waals surface area contributed by atoms with Crippen molar-refractivity contribution >= 4 is 73.2 Å². The smallest absolute Gasteiger partial charge is 0.255 e. The molecule has 0 aliphatic carbocycles. The summed E-state index contributed by atoms with van der Waals surface area (Å²) in [6, 6.07) is 62.9. The molecule has 14 rings (SSSR count). The van der Waals surface area contributed by atoms with E-state index in [1.807, 2.05) is 170 Å². The Morgan fingerprint density at radius 3 is 1.28 bits per heavy atom. The maximum Gasteiger partial charge on any atom is 0.255 e. The van der Waals surface area contributed by atoms with Crippen molar-refractivity contribution in [3.8, 4) is 73.6 Å². The summed E-state index contributed by atoms with van der Waals surface area (Å²) in [6.45, 7) is 4.12. The fourth-order valence-electron chi connectivity index (χ4n) is 11.8. The predicted octanol–water partition coefficient (Wildman–Crippen LogP) is 12.9. The molecule has 13 aromatic rings. The Balaban J connectivity index is 0.541. The average Bonchev–Trinajstić information content (AvgIpc) is 1.70. The number of imidazole rings is 4. The zero-order valence-electron chi connectivity index (χ0n) is 53.9. The Hall–Kier alpha value is -11.7. The number of hydrogen-bond donors (Lipinski definition) is 8. The second-order valence-corrected chi connectivity index (χ2v) is 24.6. The van der Waals surface area contributed by atoms with Gasteiger partial charge in [-0.3, -0.25) is 24.4 Å². The third kappa shape index (κ3) is 13.8. The van der Waals surface area contributed by atoms with Crippen LogP contribution in [0.2, 0.25) is 0 Å². The molecule has 1 aliphatic rings. The number of carbonyl (C=O) groups excluding carboxylic acids is 3. The quantitative estimate of drug-likeness (QED) is 0.0279. The van der Waals surface area contributed by atoms with Gasteiger partial charge in [0.25, 0.3) is 17.7 Å². The molecule has 0 saturated carbocycles. The van der Waals surface area contributed by atoms with Crippen LogP contribution in [0.15, 0.2) is 200 Å². The Kier molecular flexibility index (Phi) is 17.4. The summed E-state index contributed by atoms with van der Waals surface area (Å²) in [6.07, 6.45) is 3.68. The van der Waals surface area contributed by atoms with E-state index >= 15 is 0 Å². The van der Waals surface area contributed by atoms with Crippen LogP contribution in [0.5, 0.6) is 5.75 Å². The van der Waals surface area contributed by atoms with E-state index in [-0.39, 0.29) is 17.7 Å². The van der Waals surface area contributed by atoms with Gasteiger partial charge < -0.3 is 50.4 Å². The molecule has 5 heterocycles. The molecule has 480 valence electrons. The third-order valence-electron chi connectivity index (χ3n) is 17.0. The Bertz CT molecular complexity index is 5030. The van der Waals surface area contributed by atoms with E-state index in [0.29, 0.717) is 60.9 Å². The first-order valence-corrected chi connectivity index (χ1v) is 32.1. The second-order valence-electron chi connectivity index (χ2n) is 24.6. The number of hydrazine groups is 2. The molecular formula is C76H72N16O4. The highest BCUT2D eigenvalue weighted by Gasteiger charge is 2.21. The SMILES string of the molecule is CN(C)CCCOc1ccc(-c2nc3cc(-c4ccc5[nH]c(-c6ccc(C(=O)NCCCN7C=C(c8cccc(NC(=O)c9ccc(-c%10nc%11cc(-c%12ccc%13[nH]c(-c%14ccc(C(=O)NCCN(C)C)cc%14)nc%13c%12)ccc%11[nH]%10)cc9)c8)N(C)N7)cc6)nc5c4)ccc3[nH]2)cc1. The highest BCUT2D eigenvalue weighted by Crippen LogP contribution is 2.33. The van der Waals surface area contributed by atoms with Gasteiger partial charge in [-0.05, 0) is 185 Å². The minimum Gasteiger partial charge on any atom is -0.494 e. The van der Waals surface area contributed by atoms with E-state index in [1.54, 1.807) is 12.1 Å². The molecule has 8 N–H and O–H groups in total. The van der Waals surface area contributed by atoms with E-state index < -0.39 is 0 Å². The number of anilines is 1. The Labute approximate surface area is 554 Å². The largest absolute Gasteiger partial charge is 0.494 e. The number of amides is 3. The van der Waals surface area contributed by atoms with Crippen molar-refractivity contribution in [1.82, 2.24) is 75.9 Å². The normalized spacial score (nSPS) is 12.4. The molecule has 96 heavy (non-hydrogen) atoms. The lowest BCUT2D eigenvalue weighted by atomic mass is 10.0. The minimum atomic E-state index is -0.234. The lowest BCUT2D eigenvalue weighted by Gasteiger charge is -2.21. The summed E-state index contributed by atoms with van der Waals surface area (Å²) in [5.74, 6) is 3.30. The highest BCUT2D eigenvalue weighted by molar-refractivity contribution is 6.05. The number of carbonyl (C=O) groups is 3. The lowest BCUT2D eigenvalue weighted by Crippen LogP contribution is -2.39. The van der Waals surface area contributed by atoms with Gasteiger partial charge in [-0.1, -0.05) is 72.8 Å². The zero-order valence-corrected chi connectivity index (χ0v) is 53.9. The molecule has 4 aromatic heterocycles. The predicted molar refractivity (Wildman–Crippen MR) is 381 cm³/mol. The van der Waals surface area contributed by atoms with Crippen molar-refractivity contribution in [1.29, 1.82) is 0 Å². The van der Waals surface area contributed by atoms with Crippen LogP contribution in [0.25, 0.3) is 118 Å². The fourth-order valence-corrected chi connectivity index (χ4v) is 11.8. The van der Waals surface area contributed by atoms with Crippen molar-refractivity contribution in [2.24, 2.45) is 0 Å². The van der Waals surface area contributed by atoms with E-state index in [1.165, 1.54) is 0 Å². The number of hydrogen-bond acceptors (Lipinski definition) is 13. The molecule has 0 radical (unpaired) electrons. The van der Waals surface area contributed by atoms with Crippen molar-refractivity contribution in [3.63, 3.8) is 0 Å². The van der Waals surface area contributed by atoms with Crippen LogP contribution in [0.3, 0.4) is 0 Å². The molecule has 0 saturated heterocycles. The van der Waals surface area contributed by atoms with Crippen LogP contribution in [0.1, 0.15) is 49.5 Å². The van der Waals surface area contributed by atoms with Crippen molar-refractivity contribution in [3.05, 3.63) is 223 Å². The van der Waals surface area contributed by atoms with E-state index in [2.05, 4.69) is 115 Å². The number of ether oxygens (including phenoxy) is 1. The summed E-state index contributed by atoms with van der Waals surface area (Å²) >= 11 is 0. The number of fused-ring (bicyclic) bond motifs is 4. The third-order valence-corrected chi connectivity index (χ3v) is 17.0. The molecular weight excluding hydrogens is 1200 g/mol. The van der Waals surface area contributed by atoms with Crippen LogP contribution >= 0.6 is 0 Å². The summed E-state index contributed by atoms with van der Waals surface area (Å²) in [5, 5.41) is 13.0. The molecule has 1 aliphatic heterocycles. The monoisotopic (exact) mass is 1270 g/mol. The topological polar surface area (TPSA) is 236 Å². The molecule has 20 heteroatoms. The van der Waals surface area contributed by atoms with Gasteiger partial charge in [-0.2, -0.15) is 0 Å². The summed E-state index contributed by atoms with van der Waals surface area (Å²) < 4.78 is 5.93. The van der Waals surface area contributed by atoms with Crippen molar-refractivity contribution < 1.29 is 19.1 Å². The van der Waals surface area contributed by atoms with Gasteiger partial charge in [0.05, 0.1) is 56.4 Å². The molecule has 3 amide bonds. The fraction of sp³-hybridized carbons (Fsp3) is 0.171. The van der Waals surface area contributed by atoms with Gasteiger partial charge in [-0.15, -0.1) is 5.53 Å². The van der Waals surface area contributed by atoms with Crippen LogP contribution in [-0.4, -0.2) is 152 Å². The first kappa shape index (κ1) is 61.8. The average molecular weight is 1270 g/mol. The number of nitrogens with one attached hydrogen (secondary N) is 8. The number of H-pyrrole nitrogens is 4. The Morgan fingerprint density at radius 2 is 0.844 bits per heavy atom. The van der Waals surface area contributed by atoms with Gasteiger partial charge in [0.2, 0.25) is 0 Å². The number of aromatic nitrogens is 8. The first-order chi connectivity index (χ1) is 46.7. The van der Waals surface area contributed by atoms with E-state index in [9.17, 15) is 14.4 Å². The number of nitrogens with zero attached hydrogens (tertiary/aromatic N) is 8. The van der Waals surface area contributed by atoms with Crippen molar-refractivity contribution in [2.45, 2.75) is 12.8 Å². The zero-order chi connectivity index (χ0) is 65.8. The lowest BCUT2D eigenvalue weighted by molar-refractivity contribution is 0.0942. The molecule has 0 bridgehead atoms. The number of rotatable bonds is 23. The van der Waals surface area contributed by atoms with Gasteiger partial charge in [0.1, 0.15) is 29.0 Å². The van der Waals surface area contributed by atoms with Crippen molar-refractivity contribution in [2.75, 3.05) is 79.9 Å². The van der Waals surface area contributed by atoms with Gasteiger partial charge in [0.15, 0.2) is 0 Å². The number of likely N-dealkylation sites (N-methyl/N-ethyl adjacent to an activating group) is 1. The molecule has 9 aromatic carbocycles. The molecule has 0 spiro atoms. The van der Waals surface area contributed by atoms with Gasteiger partial charge in [0, 0.05) is 96.2 Å². The number of benzene rings is 9. The highest BCUT2D eigenvalue weighted by atomic mass is 16.5. The van der Waals surface area contributed by atoms with Crippen LogP contribution in [0, 0.1) is 0 Å². The van der Waals surface area contributed by atoms with E-state index in [4.69, 9.17) is 24.7 Å². The summed E-state index contributed by atoms with van der Waals surface area (Å²) in [7, 11) is 10.0.